The lowest BCUT2D eigenvalue weighted by Gasteiger charge is -2.13. The van der Waals surface area contributed by atoms with E-state index >= 15 is 0 Å². The molecule has 1 atom stereocenters. The molecule has 1 aromatic carbocycles. The van der Waals surface area contributed by atoms with Crippen LogP contribution in [0.3, 0.4) is 0 Å². The zero-order valence-corrected chi connectivity index (χ0v) is 13.2. The summed E-state index contributed by atoms with van der Waals surface area (Å²) < 4.78 is 0. The predicted octanol–water partition coefficient (Wildman–Crippen LogP) is 5.84. The minimum absolute atomic E-state index is 0.575. The third-order valence-corrected chi connectivity index (χ3v) is 3.80. The topological polar surface area (TPSA) is 65.8 Å². The van der Waals surface area contributed by atoms with Gasteiger partial charge in [-0.2, -0.15) is 0 Å². The van der Waals surface area contributed by atoms with Crippen molar-refractivity contribution in [1.29, 1.82) is 0 Å². The molecule has 4 heteroatoms. The Hall–Kier alpha value is -1.80. The molecule has 21 heavy (non-hydrogen) atoms. The van der Waals surface area contributed by atoms with Gasteiger partial charge < -0.3 is 0 Å². The van der Waals surface area contributed by atoms with Gasteiger partial charge in [0.2, 0.25) is 0 Å². The van der Waals surface area contributed by atoms with Gasteiger partial charge >= 0.3 is 0 Å². The lowest BCUT2D eigenvalue weighted by Crippen LogP contribution is -2.01. The minimum atomic E-state index is 0.575. The second-order valence-corrected chi connectivity index (χ2v) is 6.16. The summed E-state index contributed by atoms with van der Waals surface area (Å²) in [5.41, 5.74) is 10.7. The van der Waals surface area contributed by atoms with E-state index in [-0.39, 0.29) is 0 Å². The van der Waals surface area contributed by atoms with Gasteiger partial charge in [0.15, 0.2) is 0 Å². The first kappa shape index (κ1) is 17.3. The van der Waals surface area contributed by atoms with E-state index in [4.69, 9.17) is 5.53 Å². The Bertz CT molecular complexity index is 505. The van der Waals surface area contributed by atoms with Crippen molar-refractivity contribution >= 4 is 12.0 Å². The van der Waals surface area contributed by atoms with Crippen molar-refractivity contribution in [1.82, 2.24) is 0 Å². The second-order valence-electron chi connectivity index (χ2n) is 6.16. The van der Waals surface area contributed by atoms with E-state index in [0.717, 1.165) is 30.6 Å². The van der Waals surface area contributed by atoms with Gasteiger partial charge in [-0.25, -0.2) is 0 Å². The SMILES string of the molecule is CC(C)CCC[C@H](C)CCc1cc(N=[N+]=[N-])ccc1C=O. The summed E-state index contributed by atoms with van der Waals surface area (Å²) in [6, 6.07) is 5.24. The van der Waals surface area contributed by atoms with E-state index in [9.17, 15) is 4.79 Å². The summed E-state index contributed by atoms with van der Waals surface area (Å²) in [5.74, 6) is 1.41. The Labute approximate surface area is 127 Å². The first-order valence-corrected chi connectivity index (χ1v) is 7.70. The highest BCUT2D eigenvalue weighted by molar-refractivity contribution is 5.78. The highest BCUT2D eigenvalue weighted by atomic mass is 16.1. The van der Waals surface area contributed by atoms with Crippen molar-refractivity contribution in [3.05, 3.63) is 39.8 Å². The third-order valence-electron chi connectivity index (χ3n) is 3.80. The summed E-state index contributed by atoms with van der Waals surface area (Å²) in [4.78, 5) is 13.9. The largest absolute Gasteiger partial charge is 0.298 e. The van der Waals surface area contributed by atoms with Crippen LogP contribution in [0.5, 0.6) is 0 Å². The van der Waals surface area contributed by atoms with Crippen LogP contribution in [0.4, 0.5) is 5.69 Å². The van der Waals surface area contributed by atoms with Crippen LogP contribution in [0.2, 0.25) is 0 Å². The number of hydrogen-bond donors (Lipinski definition) is 0. The average Bonchev–Trinajstić information content (AvgIpc) is 2.45. The van der Waals surface area contributed by atoms with Crippen LogP contribution in [0.1, 0.15) is 62.4 Å². The standard InChI is InChI=1S/C17H25N3O/c1-13(2)5-4-6-14(3)7-8-15-11-17(19-20-18)10-9-16(15)12-21/h9-14H,4-8H2,1-3H3/t14-/m0/s1. The minimum Gasteiger partial charge on any atom is -0.298 e. The molecule has 0 spiro atoms. The first-order chi connectivity index (χ1) is 10.1. The number of nitrogens with zero attached hydrogens (tertiary/aromatic N) is 3. The Balaban J connectivity index is 2.58. The molecule has 0 aliphatic heterocycles. The lowest BCUT2D eigenvalue weighted by molar-refractivity contribution is 0.112. The maximum atomic E-state index is 11.1. The predicted molar refractivity (Wildman–Crippen MR) is 86.8 cm³/mol. The Morgan fingerprint density at radius 2 is 2.00 bits per heavy atom. The number of aryl methyl sites for hydroxylation is 1. The van der Waals surface area contributed by atoms with Gasteiger partial charge in [0, 0.05) is 16.2 Å². The fraction of sp³-hybridized carbons (Fsp3) is 0.588. The average molecular weight is 287 g/mol. The molecule has 4 nitrogen and oxygen atoms in total. The van der Waals surface area contributed by atoms with E-state index in [1.165, 1.54) is 19.3 Å². The van der Waals surface area contributed by atoms with Crippen LogP contribution in [-0.2, 0) is 6.42 Å². The second kappa shape index (κ2) is 9.19. The molecular formula is C17H25N3O. The summed E-state index contributed by atoms with van der Waals surface area (Å²) >= 11 is 0. The van der Waals surface area contributed by atoms with Crippen molar-refractivity contribution in [3.8, 4) is 0 Å². The van der Waals surface area contributed by atoms with Crippen LogP contribution >= 0.6 is 0 Å². The van der Waals surface area contributed by atoms with Crippen LogP contribution in [0.25, 0.3) is 10.4 Å². The Kier molecular flexibility index (Phi) is 7.55. The maximum absolute atomic E-state index is 11.1. The van der Waals surface area contributed by atoms with Crippen molar-refractivity contribution in [2.75, 3.05) is 0 Å². The van der Waals surface area contributed by atoms with Crippen molar-refractivity contribution in [3.63, 3.8) is 0 Å². The number of carbonyl (C=O) groups is 1. The highest BCUT2D eigenvalue weighted by Gasteiger charge is 2.07. The number of hydrogen-bond acceptors (Lipinski definition) is 2. The lowest BCUT2D eigenvalue weighted by atomic mass is 9.93. The summed E-state index contributed by atoms with van der Waals surface area (Å²) in [6.45, 7) is 6.77. The first-order valence-electron chi connectivity index (χ1n) is 7.70. The van der Waals surface area contributed by atoms with Crippen LogP contribution in [0, 0.1) is 11.8 Å². The number of azide groups is 1. The van der Waals surface area contributed by atoms with Gasteiger partial charge in [-0.05, 0) is 41.8 Å². The van der Waals surface area contributed by atoms with Crippen LogP contribution in [-0.4, -0.2) is 6.29 Å². The van der Waals surface area contributed by atoms with E-state index in [1.807, 2.05) is 6.07 Å². The van der Waals surface area contributed by atoms with Crippen molar-refractivity contribution in [2.45, 2.75) is 52.9 Å². The fourth-order valence-corrected chi connectivity index (χ4v) is 2.46. The van der Waals surface area contributed by atoms with E-state index < -0.39 is 0 Å². The Morgan fingerprint density at radius 3 is 2.62 bits per heavy atom. The molecule has 114 valence electrons. The highest BCUT2D eigenvalue weighted by Crippen LogP contribution is 2.22. The fourth-order valence-electron chi connectivity index (χ4n) is 2.46. The van der Waals surface area contributed by atoms with Crippen molar-refractivity contribution < 1.29 is 4.79 Å². The van der Waals surface area contributed by atoms with Gasteiger partial charge in [-0.3, -0.25) is 4.79 Å². The number of benzene rings is 1. The summed E-state index contributed by atoms with van der Waals surface area (Å²) in [7, 11) is 0. The number of aldehydes is 1. The molecule has 1 aromatic rings. The summed E-state index contributed by atoms with van der Waals surface area (Å²) in [5, 5.41) is 3.60. The molecule has 0 saturated carbocycles. The molecule has 0 saturated heterocycles. The van der Waals surface area contributed by atoms with Crippen LogP contribution < -0.4 is 0 Å². The molecule has 0 unspecified atom stereocenters. The molecule has 0 amide bonds. The van der Waals surface area contributed by atoms with Crippen molar-refractivity contribution in [2.24, 2.45) is 17.0 Å². The van der Waals surface area contributed by atoms with E-state index in [2.05, 4.69) is 30.8 Å². The monoisotopic (exact) mass is 287 g/mol. The maximum Gasteiger partial charge on any atom is 0.150 e. The van der Waals surface area contributed by atoms with Gasteiger partial charge in [-0.1, -0.05) is 57.3 Å². The summed E-state index contributed by atoms with van der Waals surface area (Å²) in [6.07, 6.45) is 6.54. The van der Waals surface area contributed by atoms with E-state index in [1.54, 1.807) is 12.1 Å². The molecule has 0 aliphatic rings. The zero-order valence-electron chi connectivity index (χ0n) is 13.2. The molecule has 0 fully saturated rings. The van der Waals surface area contributed by atoms with Crippen LogP contribution in [0.15, 0.2) is 23.3 Å². The van der Waals surface area contributed by atoms with Gasteiger partial charge in [-0.15, -0.1) is 0 Å². The third kappa shape index (κ3) is 6.46. The zero-order chi connectivity index (χ0) is 15.7. The number of carbonyl (C=O) groups excluding carboxylic acids is 1. The quantitative estimate of drug-likeness (QED) is 0.243. The number of rotatable bonds is 9. The molecular weight excluding hydrogens is 262 g/mol. The molecule has 1 rings (SSSR count). The van der Waals surface area contributed by atoms with Gasteiger partial charge in [0.25, 0.3) is 0 Å². The molecule has 0 N–H and O–H groups in total. The smallest absolute Gasteiger partial charge is 0.150 e. The van der Waals surface area contributed by atoms with Gasteiger partial charge in [0.05, 0.1) is 0 Å². The normalized spacial score (nSPS) is 12.0. The van der Waals surface area contributed by atoms with E-state index in [0.29, 0.717) is 17.2 Å². The van der Waals surface area contributed by atoms with Gasteiger partial charge in [0.1, 0.15) is 6.29 Å². The molecule has 0 heterocycles. The molecule has 0 aromatic heterocycles. The molecule has 0 bridgehead atoms. The Morgan fingerprint density at radius 1 is 1.24 bits per heavy atom. The molecule has 0 aliphatic carbocycles. The molecule has 0 radical (unpaired) electrons.